The Bertz CT molecular complexity index is 1070. The highest BCUT2D eigenvalue weighted by atomic mass is 127. The number of hydrogen-bond donors (Lipinski definition) is 1. The third-order valence-electron chi connectivity index (χ3n) is 3.67. The molecule has 122 valence electrons. The van der Waals surface area contributed by atoms with Crippen molar-refractivity contribution in [3.63, 3.8) is 0 Å². The van der Waals surface area contributed by atoms with Gasteiger partial charge in [-0.2, -0.15) is 0 Å². The number of benzene rings is 2. The van der Waals surface area contributed by atoms with E-state index in [1.54, 1.807) is 18.6 Å². The number of oxazole rings is 1. The van der Waals surface area contributed by atoms with E-state index in [-0.39, 0.29) is 5.75 Å². The number of fused-ring (bicyclic) bond motifs is 1. The summed E-state index contributed by atoms with van der Waals surface area (Å²) in [6, 6.07) is 14.8. The summed E-state index contributed by atoms with van der Waals surface area (Å²) in [6.45, 7) is 0. The first-order valence-electron chi connectivity index (χ1n) is 7.53. The summed E-state index contributed by atoms with van der Waals surface area (Å²) in [4.78, 5) is 12.9. The van der Waals surface area contributed by atoms with Crippen molar-refractivity contribution in [1.29, 1.82) is 0 Å². The highest BCUT2D eigenvalue weighted by Gasteiger charge is 2.08. The maximum Gasteiger partial charge on any atom is 0.227 e. The van der Waals surface area contributed by atoms with E-state index in [9.17, 15) is 5.11 Å². The fourth-order valence-corrected chi connectivity index (χ4v) is 2.91. The molecule has 0 aliphatic heterocycles. The number of aromatic nitrogens is 2. The number of rotatable bonds is 3. The molecule has 0 saturated heterocycles. The fraction of sp³-hybridized carbons (Fsp3) is 0. The van der Waals surface area contributed by atoms with Crippen LogP contribution in [-0.4, -0.2) is 21.3 Å². The third-order valence-corrected chi connectivity index (χ3v) is 4.54. The molecule has 2 aromatic heterocycles. The largest absolute Gasteiger partial charge is 0.506 e. The summed E-state index contributed by atoms with van der Waals surface area (Å²) < 4.78 is 6.61. The van der Waals surface area contributed by atoms with E-state index in [2.05, 4.69) is 37.6 Å². The van der Waals surface area contributed by atoms with Crippen LogP contribution in [0.25, 0.3) is 22.6 Å². The van der Waals surface area contributed by atoms with E-state index < -0.39 is 0 Å². The number of hydrogen-bond acceptors (Lipinski definition) is 5. The molecule has 6 heteroatoms. The molecule has 0 spiro atoms. The van der Waals surface area contributed by atoms with Gasteiger partial charge in [0.2, 0.25) is 5.89 Å². The zero-order valence-electron chi connectivity index (χ0n) is 12.9. The van der Waals surface area contributed by atoms with Crippen molar-refractivity contribution in [2.24, 2.45) is 4.99 Å². The molecule has 0 amide bonds. The Labute approximate surface area is 157 Å². The number of aliphatic imine (C=N–C) groups is 1. The van der Waals surface area contributed by atoms with Crippen molar-refractivity contribution >= 4 is 45.6 Å². The summed E-state index contributed by atoms with van der Waals surface area (Å²) in [7, 11) is 0. The van der Waals surface area contributed by atoms with Crippen molar-refractivity contribution in [2.75, 3.05) is 0 Å². The van der Waals surface area contributed by atoms with Gasteiger partial charge in [0.1, 0.15) is 11.3 Å². The lowest BCUT2D eigenvalue weighted by molar-refractivity contribution is 0.470. The van der Waals surface area contributed by atoms with E-state index in [4.69, 9.17) is 4.42 Å². The second-order valence-electron chi connectivity index (χ2n) is 5.34. The number of pyridine rings is 1. The van der Waals surface area contributed by atoms with Gasteiger partial charge in [0, 0.05) is 35.8 Å². The van der Waals surface area contributed by atoms with Crippen LogP contribution in [0.2, 0.25) is 0 Å². The molecule has 0 bridgehead atoms. The topological polar surface area (TPSA) is 71.5 Å². The van der Waals surface area contributed by atoms with Crippen molar-refractivity contribution in [1.82, 2.24) is 9.97 Å². The van der Waals surface area contributed by atoms with Crippen LogP contribution in [-0.2, 0) is 0 Å². The Morgan fingerprint density at radius 2 is 1.92 bits per heavy atom. The lowest BCUT2D eigenvalue weighted by Gasteiger charge is -2.00. The molecule has 2 heterocycles. The Kier molecular flexibility index (Phi) is 4.19. The standard InChI is InChI=1S/C19H12IN3O2/c20-15-3-1-2-13(18(15)24)11-22-14-4-5-16-17(10-14)25-19(23-16)12-6-8-21-9-7-12/h1-11,24H. The van der Waals surface area contributed by atoms with Gasteiger partial charge in [0.25, 0.3) is 0 Å². The molecule has 0 fully saturated rings. The van der Waals surface area contributed by atoms with Crippen molar-refractivity contribution in [2.45, 2.75) is 0 Å². The van der Waals surface area contributed by atoms with Gasteiger partial charge >= 0.3 is 0 Å². The normalized spacial score (nSPS) is 11.4. The highest BCUT2D eigenvalue weighted by molar-refractivity contribution is 14.1. The minimum absolute atomic E-state index is 0.229. The minimum atomic E-state index is 0.229. The molecule has 4 aromatic rings. The molecule has 5 nitrogen and oxygen atoms in total. The number of nitrogens with zero attached hydrogens (tertiary/aromatic N) is 3. The average molecular weight is 441 g/mol. The summed E-state index contributed by atoms with van der Waals surface area (Å²) in [5.74, 6) is 0.779. The smallest absolute Gasteiger partial charge is 0.227 e. The molecule has 0 atom stereocenters. The lowest BCUT2D eigenvalue weighted by Crippen LogP contribution is -1.84. The van der Waals surface area contributed by atoms with Gasteiger partial charge in [-0.25, -0.2) is 4.98 Å². The van der Waals surface area contributed by atoms with Gasteiger partial charge in [0.05, 0.1) is 9.26 Å². The van der Waals surface area contributed by atoms with E-state index >= 15 is 0 Å². The lowest BCUT2D eigenvalue weighted by atomic mass is 10.2. The Balaban J connectivity index is 1.67. The molecule has 4 rings (SSSR count). The van der Waals surface area contributed by atoms with E-state index in [0.29, 0.717) is 17.0 Å². The van der Waals surface area contributed by atoms with Crippen LogP contribution in [0.1, 0.15) is 5.56 Å². The number of aromatic hydroxyl groups is 1. The zero-order chi connectivity index (χ0) is 17.2. The summed E-state index contributed by atoms with van der Waals surface area (Å²) in [6.07, 6.45) is 5.04. The van der Waals surface area contributed by atoms with Crippen molar-refractivity contribution in [3.05, 3.63) is 70.1 Å². The van der Waals surface area contributed by atoms with Crippen LogP contribution >= 0.6 is 22.6 Å². The molecule has 2 aromatic carbocycles. The second kappa shape index (κ2) is 6.64. The number of phenols is 1. The van der Waals surface area contributed by atoms with Gasteiger partial charge in [-0.1, -0.05) is 6.07 Å². The van der Waals surface area contributed by atoms with Gasteiger partial charge in [-0.05, 0) is 59.0 Å². The zero-order valence-corrected chi connectivity index (χ0v) is 15.1. The van der Waals surface area contributed by atoms with Crippen LogP contribution in [0.5, 0.6) is 5.75 Å². The van der Waals surface area contributed by atoms with E-state index in [0.717, 1.165) is 20.3 Å². The van der Waals surface area contributed by atoms with Crippen LogP contribution < -0.4 is 0 Å². The third kappa shape index (κ3) is 3.25. The molecule has 0 unspecified atom stereocenters. The quantitative estimate of drug-likeness (QED) is 0.361. The van der Waals surface area contributed by atoms with Crippen LogP contribution in [0.15, 0.2) is 70.3 Å². The first kappa shape index (κ1) is 15.8. The van der Waals surface area contributed by atoms with Crippen molar-refractivity contribution < 1.29 is 9.52 Å². The molecule has 25 heavy (non-hydrogen) atoms. The second-order valence-corrected chi connectivity index (χ2v) is 6.50. The highest BCUT2D eigenvalue weighted by Crippen LogP contribution is 2.27. The molecule has 1 N–H and O–H groups in total. The Morgan fingerprint density at radius 1 is 1.08 bits per heavy atom. The minimum Gasteiger partial charge on any atom is -0.506 e. The van der Waals surface area contributed by atoms with Crippen LogP contribution in [0.3, 0.4) is 0 Å². The average Bonchev–Trinajstić information content (AvgIpc) is 3.07. The molecular weight excluding hydrogens is 429 g/mol. The van der Waals surface area contributed by atoms with E-state index in [1.165, 1.54) is 0 Å². The molecule has 0 aliphatic rings. The Hall–Kier alpha value is -2.74. The predicted molar refractivity (Wildman–Crippen MR) is 105 cm³/mol. The number of phenolic OH excluding ortho intramolecular Hbond substituents is 1. The summed E-state index contributed by atoms with van der Waals surface area (Å²) in [5, 5.41) is 10.0. The maximum atomic E-state index is 10.0. The monoisotopic (exact) mass is 441 g/mol. The van der Waals surface area contributed by atoms with Gasteiger partial charge in [0.15, 0.2) is 5.58 Å². The van der Waals surface area contributed by atoms with Crippen LogP contribution in [0.4, 0.5) is 5.69 Å². The molecule has 0 aliphatic carbocycles. The summed E-state index contributed by atoms with van der Waals surface area (Å²) >= 11 is 2.08. The van der Waals surface area contributed by atoms with Crippen LogP contribution in [0, 0.1) is 3.57 Å². The van der Waals surface area contributed by atoms with Gasteiger partial charge in [-0.15, -0.1) is 0 Å². The van der Waals surface area contributed by atoms with Gasteiger partial charge in [-0.3, -0.25) is 9.98 Å². The maximum absolute atomic E-state index is 10.0. The SMILES string of the molecule is Oc1c(I)cccc1C=Nc1ccc2nc(-c3ccncc3)oc2c1. The first-order valence-corrected chi connectivity index (χ1v) is 8.61. The molecule has 0 radical (unpaired) electrons. The fourth-order valence-electron chi connectivity index (χ4n) is 2.39. The van der Waals surface area contributed by atoms with E-state index in [1.807, 2.05) is 48.5 Å². The number of halogens is 1. The predicted octanol–water partition coefficient (Wildman–Crippen LogP) is 4.95. The first-order chi connectivity index (χ1) is 12.2. The summed E-state index contributed by atoms with van der Waals surface area (Å²) in [5.41, 5.74) is 3.70. The Morgan fingerprint density at radius 3 is 2.76 bits per heavy atom. The van der Waals surface area contributed by atoms with Crippen molar-refractivity contribution in [3.8, 4) is 17.2 Å². The molecular formula is C19H12IN3O2. The number of para-hydroxylation sites is 1. The molecule has 0 saturated carbocycles. The van der Waals surface area contributed by atoms with Gasteiger partial charge < -0.3 is 9.52 Å².